The van der Waals surface area contributed by atoms with Crippen molar-refractivity contribution in [3.63, 3.8) is 0 Å². The van der Waals surface area contributed by atoms with Gasteiger partial charge in [0.05, 0.1) is 0 Å². The van der Waals surface area contributed by atoms with Gasteiger partial charge in [-0.15, -0.1) is 0 Å². The van der Waals surface area contributed by atoms with Crippen LogP contribution in [0.1, 0.15) is 0 Å². The number of hydrogen-bond donors (Lipinski definition) is 2. The molecule has 0 heterocycles. The van der Waals surface area contributed by atoms with E-state index in [1.54, 1.807) is 0 Å². The predicted octanol–water partition coefficient (Wildman–Crippen LogP) is -0.373. The second kappa shape index (κ2) is 3.96. The van der Waals surface area contributed by atoms with E-state index in [1.165, 1.54) is 0 Å². The van der Waals surface area contributed by atoms with Crippen LogP contribution in [0.5, 0.6) is 0 Å². The Morgan fingerprint density at radius 3 is 1.60 bits per heavy atom. The Kier molecular flexibility index (Phi) is 3.59. The van der Waals surface area contributed by atoms with E-state index in [-0.39, 0.29) is 0 Å². The number of hydrogen-bond acceptors (Lipinski definition) is 5. The van der Waals surface area contributed by atoms with Crippen LogP contribution in [0.25, 0.3) is 0 Å². The summed E-state index contributed by atoms with van der Waals surface area (Å²) in [5.74, 6) is 0. The van der Waals surface area contributed by atoms with Crippen molar-refractivity contribution >= 4 is 40.9 Å². The third-order valence-electron chi connectivity index (χ3n) is 0.368. The minimum atomic E-state index is -1.13. The van der Waals surface area contributed by atoms with E-state index in [9.17, 15) is 4.79 Å². The van der Waals surface area contributed by atoms with Crippen LogP contribution >= 0.6 is 24.4 Å². The van der Waals surface area contributed by atoms with Gasteiger partial charge in [-0.2, -0.15) is 0 Å². The van der Waals surface area contributed by atoms with Crippen LogP contribution < -0.4 is 11.5 Å². The topological polar surface area (TPSA) is 87.6 Å². The number of carbonyl (C=O) groups excluding carboxylic acids is 1. The Balaban J connectivity index is 3.65. The Bertz CT molecular complexity index is 163. The molecule has 0 bridgehead atoms. The van der Waals surface area contributed by atoms with Gasteiger partial charge in [-0.3, -0.25) is 0 Å². The first-order chi connectivity index (χ1) is 4.52. The lowest BCUT2D eigenvalue weighted by atomic mass is 11.2. The van der Waals surface area contributed by atoms with Gasteiger partial charge in [-0.1, -0.05) is 0 Å². The van der Waals surface area contributed by atoms with Crippen molar-refractivity contribution in [1.29, 1.82) is 0 Å². The molecular formula is C3H4N2O3S2. The molecule has 0 radical (unpaired) electrons. The number of carbonyl (C=O) groups is 1. The molecule has 5 nitrogen and oxygen atoms in total. The Labute approximate surface area is 67.3 Å². The summed E-state index contributed by atoms with van der Waals surface area (Å²) >= 11 is 8.39. The molecule has 0 spiro atoms. The summed E-state index contributed by atoms with van der Waals surface area (Å²) in [6.07, 6.45) is -1.13. The van der Waals surface area contributed by atoms with Gasteiger partial charge in [0.1, 0.15) is 0 Å². The molecule has 7 heteroatoms. The second-order valence-electron chi connectivity index (χ2n) is 1.09. The summed E-state index contributed by atoms with van der Waals surface area (Å²) < 4.78 is 8.08. The molecule has 0 aromatic carbocycles. The highest BCUT2D eigenvalue weighted by Gasteiger charge is 2.06. The van der Waals surface area contributed by atoms with Crippen molar-refractivity contribution in [2.45, 2.75) is 0 Å². The van der Waals surface area contributed by atoms with Crippen molar-refractivity contribution in [2.75, 3.05) is 0 Å². The molecule has 0 aliphatic rings. The lowest BCUT2D eigenvalue weighted by molar-refractivity contribution is 0.146. The first kappa shape index (κ1) is 9.05. The lowest BCUT2D eigenvalue weighted by Crippen LogP contribution is -2.23. The maximum atomic E-state index is 10.3. The van der Waals surface area contributed by atoms with E-state index in [4.69, 9.17) is 11.5 Å². The van der Waals surface area contributed by atoms with Crippen molar-refractivity contribution in [2.24, 2.45) is 11.5 Å². The number of thiocarbonyl (C=S) groups is 2. The molecule has 0 aromatic rings. The maximum Gasteiger partial charge on any atom is 0.523 e. The average Bonchev–Trinajstić information content (AvgIpc) is 1.58. The monoisotopic (exact) mass is 180 g/mol. The van der Waals surface area contributed by atoms with Crippen molar-refractivity contribution in [1.82, 2.24) is 0 Å². The molecule has 0 saturated heterocycles. The fraction of sp³-hybridized carbons (Fsp3) is 0. The van der Waals surface area contributed by atoms with Gasteiger partial charge < -0.3 is 20.9 Å². The van der Waals surface area contributed by atoms with Gasteiger partial charge in [0, 0.05) is 0 Å². The second-order valence-corrected chi connectivity index (χ2v) is 1.90. The zero-order chi connectivity index (χ0) is 8.15. The molecule has 0 aromatic heterocycles. The molecule has 10 heavy (non-hydrogen) atoms. The molecule has 0 fully saturated rings. The van der Waals surface area contributed by atoms with Gasteiger partial charge in [-0.05, 0) is 24.4 Å². The molecule has 0 rings (SSSR count). The highest BCUT2D eigenvalue weighted by atomic mass is 32.1. The smallest absolute Gasteiger partial charge is 0.367 e. The van der Waals surface area contributed by atoms with E-state index in [0.29, 0.717) is 0 Å². The maximum absolute atomic E-state index is 10.3. The van der Waals surface area contributed by atoms with Gasteiger partial charge in [0.2, 0.25) is 0 Å². The quantitative estimate of drug-likeness (QED) is 0.388. The molecule has 4 N–H and O–H groups in total. The summed E-state index contributed by atoms with van der Waals surface area (Å²) in [5.41, 5.74) is 9.59. The SMILES string of the molecule is NC(=S)OC(=O)OC(N)=S. The molecule has 56 valence electrons. The summed E-state index contributed by atoms with van der Waals surface area (Å²) in [5, 5.41) is -0.887. The standard InChI is InChI=1S/C3H4N2O3S2/c4-1(9)7-3(6)8-2(5)10/h(H2,4,9)(H2,5,10). The van der Waals surface area contributed by atoms with Crippen molar-refractivity contribution in [3.05, 3.63) is 0 Å². The largest absolute Gasteiger partial charge is 0.523 e. The first-order valence-electron chi connectivity index (χ1n) is 2.01. The van der Waals surface area contributed by atoms with Crippen LogP contribution in [-0.2, 0) is 9.47 Å². The normalized spacial score (nSPS) is 8.00. The van der Waals surface area contributed by atoms with Crippen LogP contribution in [0.15, 0.2) is 0 Å². The van der Waals surface area contributed by atoms with Crippen LogP contribution in [0.4, 0.5) is 4.79 Å². The highest BCUT2D eigenvalue weighted by Crippen LogP contribution is 1.84. The molecular weight excluding hydrogens is 176 g/mol. The van der Waals surface area contributed by atoms with E-state index < -0.39 is 16.5 Å². The number of rotatable bonds is 0. The highest BCUT2D eigenvalue weighted by molar-refractivity contribution is 7.80. The molecule has 0 aliphatic heterocycles. The molecule has 0 aliphatic carbocycles. The summed E-state index contributed by atoms with van der Waals surface area (Å²) in [6, 6.07) is 0. The minimum Gasteiger partial charge on any atom is -0.367 e. The zero-order valence-corrected chi connectivity index (χ0v) is 6.33. The van der Waals surface area contributed by atoms with Gasteiger partial charge in [0.25, 0.3) is 10.3 Å². The van der Waals surface area contributed by atoms with Crippen molar-refractivity contribution in [3.8, 4) is 0 Å². The van der Waals surface area contributed by atoms with Crippen LogP contribution in [0.2, 0.25) is 0 Å². The molecule has 0 amide bonds. The Morgan fingerprint density at radius 2 is 1.40 bits per heavy atom. The minimum absolute atomic E-state index is 0.443. The Hall–Kier alpha value is -0.950. The van der Waals surface area contributed by atoms with E-state index >= 15 is 0 Å². The molecule has 0 saturated carbocycles. The van der Waals surface area contributed by atoms with Crippen LogP contribution in [-0.4, -0.2) is 16.5 Å². The lowest BCUT2D eigenvalue weighted by Gasteiger charge is -1.99. The van der Waals surface area contributed by atoms with Crippen LogP contribution in [0, 0.1) is 0 Å². The van der Waals surface area contributed by atoms with Crippen LogP contribution in [0.3, 0.4) is 0 Å². The fourth-order valence-corrected chi connectivity index (χ4v) is 0.321. The van der Waals surface area contributed by atoms with E-state index in [0.717, 1.165) is 0 Å². The van der Waals surface area contributed by atoms with Gasteiger partial charge in [0.15, 0.2) is 0 Å². The Morgan fingerprint density at radius 1 is 1.10 bits per heavy atom. The molecule has 0 unspecified atom stereocenters. The van der Waals surface area contributed by atoms with E-state index in [1.807, 2.05) is 0 Å². The number of nitrogens with two attached hydrogens (primary N) is 2. The summed E-state index contributed by atoms with van der Waals surface area (Å²) in [4.78, 5) is 10.3. The third-order valence-corrected chi connectivity index (χ3v) is 0.535. The fourth-order valence-electron chi connectivity index (χ4n) is 0.185. The first-order valence-corrected chi connectivity index (χ1v) is 2.82. The average molecular weight is 180 g/mol. The van der Waals surface area contributed by atoms with E-state index in [2.05, 4.69) is 33.9 Å². The van der Waals surface area contributed by atoms with Gasteiger partial charge in [-0.25, -0.2) is 4.79 Å². The zero-order valence-electron chi connectivity index (χ0n) is 4.70. The van der Waals surface area contributed by atoms with Crippen molar-refractivity contribution < 1.29 is 14.3 Å². The summed E-state index contributed by atoms with van der Waals surface area (Å²) in [6.45, 7) is 0. The van der Waals surface area contributed by atoms with Gasteiger partial charge >= 0.3 is 6.16 Å². The molecule has 0 atom stereocenters. The number of ether oxygens (including phenoxy) is 2. The third kappa shape index (κ3) is 5.19. The predicted molar refractivity (Wildman–Crippen MR) is 41.1 cm³/mol. The summed E-state index contributed by atoms with van der Waals surface area (Å²) in [7, 11) is 0.